The molecule has 0 spiro atoms. The second-order valence-electron chi connectivity index (χ2n) is 5.28. The van der Waals surface area contributed by atoms with Crippen molar-refractivity contribution in [1.82, 2.24) is 0 Å². The molecule has 1 aromatic carbocycles. The lowest BCUT2D eigenvalue weighted by atomic mass is 9.79. The minimum Gasteiger partial charge on any atom is -0.493 e. The molecule has 0 amide bonds. The molecule has 0 N–H and O–H groups in total. The zero-order chi connectivity index (χ0) is 16.9. The molecule has 22 heavy (non-hydrogen) atoms. The van der Waals surface area contributed by atoms with Crippen LogP contribution in [0.4, 0.5) is 22.0 Å². The first-order valence-corrected chi connectivity index (χ1v) is 6.36. The highest BCUT2D eigenvalue weighted by atomic mass is 19.4. The Kier molecular flexibility index (Phi) is 3.83. The van der Waals surface area contributed by atoms with Gasteiger partial charge in [-0.15, -0.1) is 0 Å². The van der Waals surface area contributed by atoms with E-state index in [1.807, 2.05) is 0 Å². The minimum absolute atomic E-state index is 0.174. The Hall–Kier alpha value is -1.86. The molecule has 1 saturated heterocycles. The van der Waals surface area contributed by atoms with E-state index in [0.29, 0.717) is 0 Å². The molecule has 1 aromatic rings. The number of benzene rings is 1. The zero-order valence-electron chi connectivity index (χ0n) is 11.9. The van der Waals surface area contributed by atoms with Crippen LogP contribution < -0.4 is 4.74 Å². The number of halogens is 5. The highest BCUT2D eigenvalue weighted by Gasteiger charge is 2.65. The Labute approximate surface area is 123 Å². The zero-order valence-corrected chi connectivity index (χ0v) is 11.9. The Balaban J connectivity index is 2.55. The number of alkyl halides is 3. The van der Waals surface area contributed by atoms with E-state index in [9.17, 15) is 26.7 Å². The molecule has 1 fully saturated rings. The molecule has 1 aliphatic heterocycles. The fraction of sp³-hybridized carbons (Fsp3) is 0.500. The number of methoxy groups -OCH3 is 1. The van der Waals surface area contributed by atoms with E-state index < -0.39 is 47.0 Å². The molecule has 3 atom stereocenters. The SMILES string of the molecule is COc1c(C2C(=O)O[C@@](C)(C(F)(F)F)C2C)ccc(F)c1F. The predicted octanol–water partition coefficient (Wildman–Crippen LogP) is 3.57. The molecule has 0 aromatic heterocycles. The van der Waals surface area contributed by atoms with Gasteiger partial charge in [-0.05, 0) is 13.0 Å². The minimum atomic E-state index is -4.79. The van der Waals surface area contributed by atoms with E-state index in [4.69, 9.17) is 4.74 Å². The standard InChI is InChI=1S/C14H13F5O3/c1-6-9(12(20)22-13(6,2)14(17,18)19)7-4-5-8(15)10(16)11(7)21-3/h4-6,9H,1-3H3/t6?,9?,13-/m1/s1. The van der Waals surface area contributed by atoms with Crippen LogP contribution in [0.5, 0.6) is 5.75 Å². The van der Waals surface area contributed by atoms with Crippen molar-refractivity contribution in [3.63, 3.8) is 0 Å². The van der Waals surface area contributed by atoms with E-state index >= 15 is 0 Å². The Morgan fingerprint density at radius 1 is 1.27 bits per heavy atom. The van der Waals surface area contributed by atoms with Crippen LogP contribution in [0.25, 0.3) is 0 Å². The summed E-state index contributed by atoms with van der Waals surface area (Å²) in [7, 11) is 1.04. The van der Waals surface area contributed by atoms with Crippen LogP contribution in [0.3, 0.4) is 0 Å². The summed E-state index contributed by atoms with van der Waals surface area (Å²) < 4.78 is 75.6. The third-order valence-electron chi connectivity index (χ3n) is 4.12. The van der Waals surface area contributed by atoms with Crippen molar-refractivity contribution in [3.8, 4) is 5.75 Å². The van der Waals surface area contributed by atoms with Gasteiger partial charge < -0.3 is 9.47 Å². The smallest absolute Gasteiger partial charge is 0.428 e. The van der Waals surface area contributed by atoms with Crippen molar-refractivity contribution < 1.29 is 36.2 Å². The van der Waals surface area contributed by atoms with Crippen molar-refractivity contribution in [2.45, 2.75) is 31.5 Å². The number of esters is 1. The summed E-state index contributed by atoms with van der Waals surface area (Å²) in [4.78, 5) is 11.9. The summed E-state index contributed by atoms with van der Waals surface area (Å²) in [5, 5.41) is 0. The first-order chi connectivity index (χ1) is 10.0. The Morgan fingerprint density at radius 3 is 2.32 bits per heavy atom. The van der Waals surface area contributed by atoms with Gasteiger partial charge >= 0.3 is 12.1 Å². The lowest BCUT2D eigenvalue weighted by Gasteiger charge is -2.30. The number of carbonyl (C=O) groups is 1. The normalized spacial score (nSPS) is 28.6. The van der Waals surface area contributed by atoms with E-state index in [-0.39, 0.29) is 5.56 Å². The number of carbonyl (C=O) groups excluding carboxylic acids is 1. The first-order valence-electron chi connectivity index (χ1n) is 6.36. The highest BCUT2D eigenvalue weighted by molar-refractivity contribution is 5.82. The summed E-state index contributed by atoms with van der Waals surface area (Å²) in [5.74, 6) is -7.08. The number of hydrogen-bond acceptors (Lipinski definition) is 3. The lowest BCUT2D eigenvalue weighted by Crippen LogP contribution is -2.46. The van der Waals surface area contributed by atoms with Crippen LogP contribution in [0.1, 0.15) is 25.3 Å². The second kappa shape index (κ2) is 5.10. The molecule has 3 nitrogen and oxygen atoms in total. The molecule has 2 rings (SSSR count). The van der Waals surface area contributed by atoms with Gasteiger partial charge in [-0.25, -0.2) is 4.39 Å². The van der Waals surface area contributed by atoms with Crippen molar-refractivity contribution in [1.29, 1.82) is 0 Å². The summed E-state index contributed by atoms with van der Waals surface area (Å²) >= 11 is 0. The van der Waals surface area contributed by atoms with Gasteiger partial charge in [0.2, 0.25) is 11.4 Å². The van der Waals surface area contributed by atoms with Crippen LogP contribution in [-0.4, -0.2) is 24.9 Å². The van der Waals surface area contributed by atoms with Crippen LogP contribution >= 0.6 is 0 Å². The quantitative estimate of drug-likeness (QED) is 0.616. The van der Waals surface area contributed by atoms with E-state index in [1.165, 1.54) is 6.92 Å². The van der Waals surface area contributed by atoms with Crippen LogP contribution in [0.2, 0.25) is 0 Å². The van der Waals surface area contributed by atoms with Crippen molar-refractivity contribution in [2.75, 3.05) is 7.11 Å². The molecule has 2 unspecified atom stereocenters. The largest absolute Gasteiger partial charge is 0.493 e. The van der Waals surface area contributed by atoms with E-state index in [2.05, 4.69) is 4.74 Å². The molecule has 0 aliphatic carbocycles. The van der Waals surface area contributed by atoms with Gasteiger partial charge in [0.25, 0.3) is 0 Å². The van der Waals surface area contributed by atoms with Gasteiger partial charge in [0.15, 0.2) is 11.6 Å². The molecule has 122 valence electrons. The fourth-order valence-electron chi connectivity index (χ4n) is 2.60. The van der Waals surface area contributed by atoms with Crippen LogP contribution in [0.15, 0.2) is 12.1 Å². The summed E-state index contributed by atoms with van der Waals surface area (Å²) in [6.45, 7) is 1.92. The van der Waals surface area contributed by atoms with Crippen molar-refractivity contribution in [2.24, 2.45) is 5.92 Å². The van der Waals surface area contributed by atoms with E-state index in [0.717, 1.165) is 26.2 Å². The van der Waals surface area contributed by atoms with Gasteiger partial charge in [0.05, 0.1) is 13.0 Å². The molecular weight excluding hydrogens is 311 g/mol. The van der Waals surface area contributed by atoms with Crippen LogP contribution in [-0.2, 0) is 9.53 Å². The maximum atomic E-state index is 13.7. The van der Waals surface area contributed by atoms with Crippen LogP contribution in [0, 0.1) is 17.6 Å². The molecule has 8 heteroatoms. The Morgan fingerprint density at radius 2 is 1.86 bits per heavy atom. The topological polar surface area (TPSA) is 35.5 Å². The Bertz CT molecular complexity index is 613. The highest BCUT2D eigenvalue weighted by Crippen LogP contribution is 2.52. The van der Waals surface area contributed by atoms with Gasteiger partial charge in [-0.2, -0.15) is 17.6 Å². The summed E-state index contributed by atoms with van der Waals surface area (Å²) in [5.41, 5.74) is -2.88. The van der Waals surface area contributed by atoms with Crippen molar-refractivity contribution in [3.05, 3.63) is 29.3 Å². The summed E-state index contributed by atoms with van der Waals surface area (Å²) in [6, 6.07) is 1.76. The lowest BCUT2D eigenvalue weighted by molar-refractivity contribution is -0.262. The fourth-order valence-corrected chi connectivity index (χ4v) is 2.60. The third-order valence-corrected chi connectivity index (χ3v) is 4.12. The number of ether oxygens (including phenoxy) is 2. The molecule has 1 aliphatic rings. The van der Waals surface area contributed by atoms with Gasteiger partial charge in [-0.3, -0.25) is 4.79 Å². The average molecular weight is 324 g/mol. The third kappa shape index (κ3) is 2.21. The second-order valence-corrected chi connectivity index (χ2v) is 5.28. The molecule has 0 saturated carbocycles. The average Bonchev–Trinajstić information content (AvgIpc) is 2.64. The maximum Gasteiger partial charge on any atom is 0.428 e. The molecule has 1 heterocycles. The molecule has 0 radical (unpaired) electrons. The summed E-state index contributed by atoms with van der Waals surface area (Å²) in [6.07, 6.45) is -4.79. The first kappa shape index (κ1) is 16.5. The number of cyclic esters (lactones) is 1. The predicted molar refractivity (Wildman–Crippen MR) is 65.4 cm³/mol. The number of rotatable bonds is 2. The van der Waals surface area contributed by atoms with Gasteiger partial charge in [-0.1, -0.05) is 13.0 Å². The molecule has 0 bridgehead atoms. The maximum absolute atomic E-state index is 13.7. The van der Waals surface area contributed by atoms with E-state index in [1.54, 1.807) is 0 Å². The molecular formula is C14H13F5O3. The van der Waals surface area contributed by atoms with Crippen molar-refractivity contribution >= 4 is 5.97 Å². The monoisotopic (exact) mass is 324 g/mol. The van der Waals surface area contributed by atoms with Gasteiger partial charge in [0.1, 0.15) is 0 Å². The van der Waals surface area contributed by atoms with Gasteiger partial charge in [0, 0.05) is 11.5 Å². The number of hydrogen-bond donors (Lipinski definition) is 0.